The lowest BCUT2D eigenvalue weighted by molar-refractivity contribution is -0.135. The second-order valence-corrected chi connectivity index (χ2v) is 7.82. The van der Waals surface area contributed by atoms with Gasteiger partial charge in [0.2, 0.25) is 11.8 Å². The van der Waals surface area contributed by atoms with Crippen molar-refractivity contribution in [3.05, 3.63) is 11.7 Å². The second kappa shape index (κ2) is 10.6. The van der Waals surface area contributed by atoms with E-state index in [0.717, 1.165) is 32.4 Å². The number of hydrogen-bond donors (Lipinski definition) is 2. The summed E-state index contributed by atoms with van der Waals surface area (Å²) in [7, 11) is 1.73. The third-order valence-electron chi connectivity index (χ3n) is 5.69. The Balaban J connectivity index is 1.44. The summed E-state index contributed by atoms with van der Waals surface area (Å²) < 4.78 is 10.7. The Morgan fingerprint density at radius 2 is 2.14 bits per heavy atom. The minimum atomic E-state index is -0.193. The number of aliphatic imine (C=N–C) groups is 1. The average molecular weight is 407 g/mol. The molecule has 2 aliphatic rings. The Hall–Kier alpha value is -2.16. The highest BCUT2D eigenvalue weighted by molar-refractivity contribution is 5.81. The van der Waals surface area contributed by atoms with Crippen molar-refractivity contribution >= 4 is 11.9 Å². The fraction of sp³-hybridized carbons (Fsp3) is 0.800. The smallest absolute Gasteiger partial charge is 0.246 e. The third kappa shape index (κ3) is 5.91. The van der Waals surface area contributed by atoms with Crippen molar-refractivity contribution in [3.63, 3.8) is 0 Å². The molecular weight excluding hydrogens is 372 g/mol. The van der Waals surface area contributed by atoms with Crippen molar-refractivity contribution < 1.29 is 14.1 Å². The van der Waals surface area contributed by atoms with Gasteiger partial charge in [-0.1, -0.05) is 24.4 Å². The summed E-state index contributed by atoms with van der Waals surface area (Å²) in [6, 6.07) is 0.199. The highest BCUT2D eigenvalue weighted by atomic mass is 16.5. The lowest BCUT2D eigenvalue weighted by Crippen LogP contribution is -2.45. The van der Waals surface area contributed by atoms with Gasteiger partial charge in [0.15, 0.2) is 11.8 Å². The molecule has 1 aromatic heterocycles. The Morgan fingerprint density at radius 1 is 1.34 bits per heavy atom. The molecule has 2 heterocycles. The van der Waals surface area contributed by atoms with Crippen LogP contribution in [-0.2, 0) is 16.1 Å². The molecule has 2 unspecified atom stereocenters. The quantitative estimate of drug-likeness (QED) is 0.527. The molecule has 1 saturated heterocycles. The number of ether oxygens (including phenoxy) is 1. The zero-order chi connectivity index (χ0) is 20.6. The van der Waals surface area contributed by atoms with Gasteiger partial charge in [0.05, 0.1) is 6.54 Å². The van der Waals surface area contributed by atoms with Gasteiger partial charge in [0, 0.05) is 38.7 Å². The van der Waals surface area contributed by atoms with E-state index in [2.05, 4.69) is 25.8 Å². The molecule has 0 bridgehead atoms. The van der Waals surface area contributed by atoms with Crippen LogP contribution in [0, 0.1) is 5.92 Å². The number of rotatable bonds is 7. The van der Waals surface area contributed by atoms with E-state index in [1.165, 1.54) is 19.3 Å². The van der Waals surface area contributed by atoms with Gasteiger partial charge in [-0.2, -0.15) is 4.98 Å². The van der Waals surface area contributed by atoms with Gasteiger partial charge in [-0.15, -0.1) is 0 Å². The van der Waals surface area contributed by atoms with E-state index in [-0.39, 0.29) is 18.1 Å². The predicted molar refractivity (Wildman–Crippen MR) is 109 cm³/mol. The molecule has 9 heteroatoms. The summed E-state index contributed by atoms with van der Waals surface area (Å²) >= 11 is 0. The molecule has 0 spiro atoms. The van der Waals surface area contributed by atoms with Crippen molar-refractivity contribution in [1.29, 1.82) is 0 Å². The van der Waals surface area contributed by atoms with Crippen LogP contribution in [0.15, 0.2) is 9.52 Å². The number of likely N-dealkylation sites (tertiary alicyclic amines) is 1. The maximum absolute atomic E-state index is 12.7. The number of aromatic nitrogens is 2. The Labute approximate surface area is 172 Å². The fourth-order valence-electron chi connectivity index (χ4n) is 4.06. The van der Waals surface area contributed by atoms with Crippen LogP contribution in [0.3, 0.4) is 0 Å². The molecule has 1 aromatic rings. The van der Waals surface area contributed by atoms with Crippen LogP contribution in [0.5, 0.6) is 0 Å². The first kappa shape index (κ1) is 21.5. The van der Waals surface area contributed by atoms with Crippen LogP contribution in [0.1, 0.15) is 70.2 Å². The van der Waals surface area contributed by atoms with Gasteiger partial charge in [-0.25, -0.2) is 0 Å². The Kier molecular flexibility index (Phi) is 7.85. The van der Waals surface area contributed by atoms with Crippen LogP contribution in [-0.4, -0.2) is 59.7 Å². The maximum atomic E-state index is 12.7. The number of carbonyl (C=O) groups excluding carboxylic acids is 1. The van der Waals surface area contributed by atoms with E-state index in [4.69, 9.17) is 9.26 Å². The summed E-state index contributed by atoms with van der Waals surface area (Å²) in [6.45, 7) is 6.34. The first-order chi connectivity index (χ1) is 14.1. The second-order valence-electron chi connectivity index (χ2n) is 7.82. The normalized spacial score (nSPS) is 22.0. The molecule has 3 rings (SSSR count). The summed E-state index contributed by atoms with van der Waals surface area (Å²) in [6.07, 6.45) is 6.46. The predicted octanol–water partition coefficient (Wildman–Crippen LogP) is 2.01. The maximum Gasteiger partial charge on any atom is 0.246 e. The van der Waals surface area contributed by atoms with Gasteiger partial charge in [-0.05, 0) is 33.1 Å². The highest BCUT2D eigenvalue weighted by Gasteiger charge is 2.31. The molecule has 162 valence electrons. The molecule has 2 N–H and O–H groups in total. The van der Waals surface area contributed by atoms with Crippen molar-refractivity contribution in [1.82, 2.24) is 25.7 Å². The van der Waals surface area contributed by atoms with Crippen LogP contribution in [0.4, 0.5) is 0 Å². The van der Waals surface area contributed by atoms with Crippen LogP contribution in [0.2, 0.25) is 0 Å². The molecule has 2 atom stereocenters. The number of guanidine groups is 1. The summed E-state index contributed by atoms with van der Waals surface area (Å²) in [5.41, 5.74) is 0. The molecule has 1 aliphatic carbocycles. The largest absolute Gasteiger partial charge is 0.371 e. The van der Waals surface area contributed by atoms with E-state index in [1.54, 1.807) is 7.05 Å². The van der Waals surface area contributed by atoms with E-state index >= 15 is 0 Å². The zero-order valence-electron chi connectivity index (χ0n) is 17.8. The minimum absolute atomic E-state index is 0.193. The molecule has 2 fully saturated rings. The van der Waals surface area contributed by atoms with E-state index in [1.807, 2.05) is 18.7 Å². The molecule has 1 amide bonds. The summed E-state index contributed by atoms with van der Waals surface area (Å²) in [4.78, 5) is 23.4. The molecule has 9 nitrogen and oxygen atoms in total. The van der Waals surface area contributed by atoms with Crippen molar-refractivity contribution in [2.24, 2.45) is 10.9 Å². The average Bonchev–Trinajstić information content (AvgIpc) is 3.41. The SMILES string of the molecule is CCOC(C)c1noc(CNC(=NC)NC2CCN(C(=O)C3CCCCC3)C2)n1. The number of carbonyl (C=O) groups is 1. The van der Waals surface area contributed by atoms with Gasteiger partial charge in [-0.3, -0.25) is 9.79 Å². The standard InChI is InChI=1S/C20H34N6O3/c1-4-28-14(2)18-24-17(29-25-18)12-22-20(21-3)23-16-10-11-26(13-16)19(27)15-8-6-5-7-9-15/h14-16H,4-13H2,1-3H3,(H2,21,22,23). The molecule has 1 saturated carbocycles. The van der Waals surface area contributed by atoms with Gasteiger partial charge >= 0.3 is 0 Å². The molecule has 0 radical (unpaired) electrons. The van der Waals surface area contributed by atoms with Gasteiger partial charge < -0.3 is 24.8 Å². The Bertz CT molecular complexity index is 686. The minimum Gasteiger partial charge on any atom is -0.371 e. The topological polar surface area (TPSA) is 105 Å². The Morgan fingerprint density at radius 3 is 2.86 bits per heavy atom. The lowest BCUT2D eigenvalue weighted by Gasteiger charge is -2.26. The van der Waals surface area contributed by atoms with Crippen LogP contribution < -0.4 is 10.6 Å². The van der Waals surface area contributed by atoms with Gasteiger partial charge in [0.25, 0.3) is 0 Å². The number of hydrogen-bond acceptors (Lipinski definition) is 6. The first-order valence-electron chi connectivity index (χ1n) is 10.8. The highest BCUT2D eigenvalue weighted by Crippen LogP contribution is 2.26. The van der Waals surface area contributed by atoms with Crippen LogP contribution >= 0.6 is 0 Å². The van der Waals surface area contributed by atoms with E-state index < -0.39 is 0 Å². The summed E-state index contributed by atoms with van der Waals surface area (Å²) in [5.74, 6) is 2.25. The van der Waals surface area contributed by atoms with Crippen molar-refractivity contribution in [2.75, 3.05) is 26.7 Å². The van der Waals surface area contributed by atoms with Gasteiger partial charge in [0.1, 0.15) is 6.10 Å². The molecular formula is C20H34N6O3. The number of amides is 1. The molecule has 1 aliphatic heterocycles. The summed E-state index contributed by atoms with van der Waals surface area (Å²) in [5, 5.41) is 10.6. The monoisotopic (exact) mass is 406 g/mol. The molecule has 0 aromatic carbocycles. The van der Waals surface area contributed by atoms with E-state index in [0.29, 0.717) is 36.7 Å². The lowest BCUT2D eigenvalue weighted by atomic mass is 9.88. The van der Waals surface area contributed by atoms with E-state index in [9.17, 15) is 4.79 Å². The fourth-order valence-corrected chi connectivity index (χ4v) is 4.06. The van der Waals surface area contributed by atoms with Crippen molar-refractivity contribution in [3.8, 4) is 0 Å². The van der Waals surface area contributed by atoms with Crippen molar-refractivity contribution in [2.45, 2.75) is 71.1 Å². The zero-order valence-corrected chi connectivity index (χ0v) is 17.8. The number of nitrogens with zero attached hydrogens (tertiary/aromatic N) is 4. The third-order valence-corrected chi connectivity index (χ3v) is 5.69. The van der Waals surface area contributed by atoms with Crippen LogP contribution in [0.25, 0.3) is 0 Å². The molecule has 29 heavy (non-hydrogen) atoms. The first-order valence-corrected chi connectivity index (χ1v) is 10.8. The number of nitrogens with one attached hydrogen (secondary N) is 2.